The first-order valence-corrected chi connectivity index (χ1v) is 7.44. The summed E-state index contributed by atoms with van der Waals surface area (Å²) in [6, 6.07) is 1.58. The molecule has 0 aliphatic heterocycles. The molecule has 0 aliphatic carbocycles. The zero-order valence-electron chi connectivity index (χ0n) is 9.43. The highest BCUT2D eigenvalue weighted by Crippen LogP contribution is 2.21. The van der Waals surface area contributed by atoms with Crippen molar-refractivity contribution in [3.63, 3.8) is 0 Å². The summed E-state index contributed by atoms with van der Waals surface area (Å²) in [7, 11) is -4.19. The highest BCUT2D eigenvalue weighted by atomic mass is 32.2. The second kappa shape index (κ2) is 5.19. The van der Waals surface area contributed by atoms with E-state index in [1.165, 1.54) is 16.8 Å². The van der Waals surface area contributed by atoms with E-state index >= 15 is 0 Å². The van der Waals surface area contributed by atoms with E-state index < -0.39 is 26.6 Å². The molecule has 102 valence electrons. The fraction of sp³-hybridized carbons (Fsp3) is 0.100. The molecule has 0 fully saturated rings. The van der Waals surface area contributed by atoms with Crippen molar-refractivity contribution in [3.8, 4) is 0 Å². The van der Waals surface area contributed by atoms with Crippen LogP contribution in [0.25, 0.3) is 0 Å². The van der Waals surface area contributed by atoms with Gasteiger partial charge in [-0.25, -0.2) is 26.9 Å². The first-order valence-electron chi connectivity index (χ1n) is 5.01. The lowest BCUT2D eigenvalue weighted by Gasteiger charge is -2.08. The van der Waals surface area contributed by atoms with Gasteiger partial charge in [0.05, 0.1) is 17.7 Å². The smallest absolute Gasteiger partial charge is 0.244 e. The molecule has 2 rings (SSSR count). The Morgan fingerprint density at radius 2 is 2.11 bits per heavy atom. The van der Waals surface area contributed by atoms with Gasteiger partial charge in [0, 0.05) is 11.1 Å². The van der Waals surface area contributed by atoms with Crippen LogP contribution in [0.15, 0.2) is 27.9 Å². The summed E-state index contributed by atoms with van der Waals surface area (Å²) in [6.07, 6.45) is 0. The predicted molar refractivity (Wildman–Crippen MR) is 66.9 cm³/mol. The van der Waals surface area contributed by atoms with Crippen molar-refractivity contribution in [3.05, 3.63) is 40.4 Å². The van der Waals surface area contributed by atoms with Crippen molar-refractivity contribution in [1.29, 1.82) is 0 Å². The zero-order valence-corrected chi connectivity index (χ0v) is 11.1. The molecule has 0 unspecified atom stereocenters. The topological polar surface area (TPSA) is 85.1 Å². The van der Waals surface area contributed by atoms with Gasteiger partial charge in [-0.15, -0.1) is 11.3 Å². The number of benzene rings is 1. The van der Waals surface area contributed by atoms with Gasteiger partial charge in [-0.05, 0) is 12.1 Å². The maximum atomic E-state index is 13.5. The van der Waals surface area contributed by atoms with Crippen molar-refractivity contribution in [2.24, 2.45) is 0 Å². The number of halogens is 2. The van der Waals surface area contributed by atoms with Gasteiger partial charge in [0.25, 0.3) is 0 Å². The van der Waals surface area contributed by atoms with Gasteiger partial charge in [0.15, 0.2) is 11.6 Å². The Labute approximate surface area is 112 Å². The molecule has 0 bridgehead atoms. The molecule has 0 radical (unpaired) electrons. The summed E-state index contributed by atoms with van der Waals surface area (Å²) in [5, 5.41) is 1.64. The third-order valence-electron chi connectivity index (χ3n) is 2.23. The Bertz CT molecular complexity index is 687. The number of rotatable bonds is 4. The molecule has 0 amide bonds. The SMILES string of the molecule is Nc1cc(F)c(F)c(S(=O)(=O)NCc2cscn2)c1. The Morgan fingerprint density at radius 1 is 1.37 bits per heavy atom. The van der Waals surface area contributed by atoms with Gasteiger partial charge in [0.2, 0.25) is 10.0 Å². The molecular formula is C10H9F2N3O2S2. The summed E-state index contributed by atoms with van der Waals surface area (Å²) >= 11 is 1.29. The highest BCUT2D eigenvalue weighted by Gasteiger charge is 2.22. The molecule has 1 heterocycles. The Hall–Kier alpha value is -1.58. The lowest BCUT2D eigenvalue weighted by molar-refractivity contribution is 0.483. The van der Waals surface area contributed by atoms with Crippen molar-refractivity contribution >= 4 is 27.0 Å². The third kappa shape index (κ3) is 3.06. The molecule has 9 heteroatoms. The molecule has 19 heavy (non-hydrogen) atoms. The van der Waals surface area contributed by atoms with Gasteiger partial charge in [-0.3, -0.25) is 0 Å². The number of aromatic nitrogens is 1. The van der Waals surface area contributed by atoms with Gasteiger partial charge < -0.3 is 5.73 Å². The summed E-state index contributed by atoms with van der Waals surface area (Å²) in [6.45, 7) is -0.109. The second-order valence-electron chi connectivity index (χ2n) is 3.62. The molecule has 0 spiro atoms. The fourth-order valence-electron chi connectivity index (χ4n) is 1.35. The van der Waals surface area contributed by atoms with Crippen LogP contribution in [0.2, 0.25) is 0 Å². The molecule has 1 aromatic heterocycles. The summed E-state index contributed by atoms with van der Waals surface area (Å²) in [4.78, 5) is 3.05. The van der Waals surface area contributed by atoms with Gasteiger partial charge in [-0.1, -0.05) is 0 Å². The molecule has 1 aromatic carbocycles. The maximum absolute atomic E-state index is 13.5. The van der Waals surface area contributed by atoms with Crippen LogP contribution in [-0.4, -0.2) is 13.4 Å². The Balaban J connectivity index is 2.29. The van der Waals surface area contributed by atoms with E-state index in [0.717, 1.165) is 12.1 Å². The van der Waals surface area contributed by atoms with E-state index in [4.69, 9.17) is 5.73 Å². The second-order valence-corrected chi connectivity index (χ2v) is 6.07. The van der Waals surface area contributed by atoms with E-state index in [9.17, 15) is 17.2 Å². The lowest BCUT2D eigenvalue weighted by Crippen LogP contribution is -2.24. The minimum atomic E-state index is -4.19. The summed E-state index contributed by atoms with van der Waals surface area (Å²) < 4.78 is 52.4. The number of hydrogen-bond donors (Lipinski definition) is 2. The number of nitrogens with zero attached hydrogens (tertiary/aromatic N) is 1. The van der Waals surface area contributed by atoms with Crippen molar-refractivity contribution < 1.29 is 17.2 Å². The van der Waals surface area contributed by atoms with Gasteiger partial charge in [0.1, 0.15) is 4.90 Å². The van der Waals surface area contributed by atoms with Crippen LogP contribution >= 0.6 is 11.3 Å². The van der Waals surface area contributed by atoms with E-state index in [1.807, 2.05) is 0 Å². The van der Waals surface area contributed by atoms with Crippen LogP contribution in [0, 0.1) is 11.6 Å². The molecular weight excluding hydrogens is 296 g/mol. The first kappa shape index (κ1) is 13.8. The zero-order chi connectivity index (χ0) is 14.0. The third-order valence-corrected chi connectivity index (χ3v) is 4.27. The number of nitrogens with two attached hydrogens (primary N) is 1. The largest absolute Gasteiger partial charge is 0.399 e. The van der Waals surface area contributed by atoms with Crippen molar-refractivity contribution in [2.45, 2.75) is 11.4 Å². The number of sulfonamides is 1. The summed E-state index contributed by atoms with van der Waals surface area (Å²) in [5.41, 5.74) is 7.15. The lowest BCUT2D eigenvalue weighted by atomic mass is 10.3. The van der Waals surface area contributed by atoms with Crippen molar-refractivity contribution in [1.82, 2.24) is 9.71 Å². The molecule has 2 aromatic rings. The number of hydrogen-bond acceptors (Lipinski definition) is 5. The average Bonchev–Trinajstić information content (AvgIpc) is 2.84. The van der Waals surface area contributed by atoms with E-state index in [2.05, 4.69) is 9.71 Å². The average molecular weight is 305 g/mol. The first-order chi connectivity index (χ1) is 8.90. The van der Waals surface area contributed by atoms with Crippen LogP contribution < -0.4 is 10.5 Å². The Kier molecular flexibility index (Phi) is 3.78. The van der Waals surface area contributed by atoms with Crippen LogP contribution in [0.4, 0.5) is 14.5 Å². The summed E-state index contributed by atoms with van der Waals surface area (Å²) in [5.74, 6) is -2.77. The number of nitrogen functional groups attached to an aromatic ring is 1. The monoisotopic (exact) mass is 305 g/mol. The fourth-order valence-corrected chi connectivity index (χ4v) is 3.03. The molecule has 5 nitrogen and oxygen atoms in total. The quantitative estimate of drug-likeness (QED) is 0.838. The van der Waals surface area contributed by atoms with E-state index in [1.54, 1.807) is 5.38 Å². The molecule has 0 aliphatic rings. The molecule has 0 atom stereocenters. The van der Waals surface area contributed by atoms with E-state index in [-0.39, 0.29) is 12.2 Å². The number of nitrogens with one attached hydrogen (secondary N) is 1. The predicted octanol–water partition coefficient (Wildman–Crippen LogP) is 1.48. The van der Waals surface area contributed by atoms with E-state index in [0.29, 0.717) is 5.69 Å². The van der Waals surface area contributed by atoms with Crippen LogP contribution in [0.3, 0.4) is 0 Å². The van der Waals surface area contributed by atoms with Crippen LogP contribution in [0.1, 0.15) is 5.69 Å². The number of thiazole rings is 1. The van der Waals surface area contributed by atoms with Gasteiger partial charge in [-0.2, -0.15) is 0 Å². The van der Waals surface area contributed by atoms with Crippen LogP contribution in [-0.2, 0) is 16.6 Å². The van der Waals surface area contributed by atoms with Gasteiger partial charge >= 0.3 is 0 Å². The molecule has 0 saturated heterocycles. The van der Waals surface area contributed by atoms with Crippen LogP contribution in [0.5, 0.6) is 0 Å². The normalized spacial score (nSPS) is 11.7. The number of anilines is 1. The molecule has 3 N–H and O–H groups in total. The molecule has 0 saturated carbocycles. The minimum absolute atomic E-state index is 0.109. The minimum Gasteiger partial charge on any atom is -0.399 e. The highest BCUT2D eigenvalue weighted by molar-refractivity contribution is 7.89. The Morgan fingerprint density at radius 3 is 2.74 bits per heavy atom. The standard InChI is InChI=1S/C10H9F2N3O2S2/c11-8-1-6(13)2-9(10(8)12)19(16,17)15-3-7-4-18-5-14-7/h1-2,4-5,15H,3,13H2. The maximum Gasteiger partial charge on any atom is 0.244 e. The van der Waals surface area contributed by atoms with Crippen molar-refractivity contribution in [2.75, 3.05) is 5.73 Å².